The van der Waals surface area contributed by atoms with Crippen LogP contribution in [0.3, 0.4) is 0 Å². The maximum Gasteiger partial charge on any atom is 0.329 e. The summed E-state index contributed by atoms with van der Waals surface area (Å²) in [5.41, 5.74) is 1.05. The van der Waals surface area contributed by atoms with Gasteiger partial charge in [-0.1, -0.05) is 42.5 Å². The van der Waals surface area contributed by atoms with Gasteiger partial charge in [0.05, 0.1) is 23.0 Å². The molecule has 38 heavy (non-hydrogen) atoms. The van der Waals surface area contributed by atoms with Gasteiger partial charge in [-0.3, -0.25) is 9.59 Å². The quantitative estimate of drug-likeness (QED) is 0.366. The maximum atomic E-state index is 12.9. The molecule has 2 amide bonds. The molecule has 200 valence electrons. The summed E-state index contributed by atoms with van der Waals surface area (Å²) in [4.78, 5) is 38.4. The summed E-state index contributed by atoms with van der Waals surface area (Å²) < 4.78 is 37.6. The number of hydrogen-bond donors (Lipinski definition) is 2. The lowest BCUT2D eigenvalue weighted by Gasteiger charge is -2.26. The number of rotatable bonds is 10. The van der Waals surface area contributed by atoms with Gasteiger partial charge >= 0.3 is 5.97 Å². The smallest absolute Gasteiger partial charge is 0.329 e. The number of carbonyl (C=O) groups is 3. The number of sulfonamides is 1. The summed E-state index contributed by atoms with van der Waals surface area (Å²) in [6.07, 6.45) is 0.180. The van der Waals surface area contributed by atoms with Gasteiger partial charge in [-0.05, 0) is 35.2 Å². The summed E-state index contributed by atoms with van der Waals surface area (Å²) in [5.74, 6) is -1.83. The number of nitrogens with zero attached hydrogens (tertiary/aromatic N) is 1. The van der Waals surface area contributed by atoms with E-state index < -0.39 is 40.5 Å². The van der Waals surface area contributed by atoms with E-state index in [1.165, 1.54) is 39.9 Å². The third-order valence-corrected chi connectivity index (χ3v) is 8.45. The number of ether oxygens (including phenoxy) is 2. The van der Waals surface area contributed by atoms with Gasteiger partial charge in [-0.2, -0.15) is 4.31 Å². The Kier molecular flexibility index (Phi) is 9.24. The lowest BCUT2D eigenvalue weighted by Crippen LogP contribution is -2.43. The molecule has 1 atom stereocenters. The van der Waals surface area contributed by atoms with Crippen LogP contribution in [0.1, 0.15) is 15.2 Å². The SMILES string of the molecule is O=C(COC(=O)[C@H](Cc1ccccc1)NC(=O)c1cccs1)Nc1cccc(S(=O)(=O)N2CCOCC2)c1. The average molecular weight is 558 g/mol. The number of nitrogens with one attached hydrogen (secondary N) is 2. The van der Waals surface area contributed by atoms with E-state index >= 15 is 0 Å². The van der Waals surface area contributed by atoms with E-state index in [9.17, 15) is 22.8 Å². The van der Waals surface area contributed by atoms with E-state index in [0.717, 1.165) is 5.56 Å². The molecule has 1 aliphatic heterocycles. The van der Waals surface area contributed by atoms with Crippen LogP contribution in [0.4, 0.5) is 5.69 Å². The van der Waals surface area contributed by atoms with Gasteiger partial charge in [0, 0.05) is 25.2 Å². The Hall–Kier alpha value is -3.58. The molecule has 1 aromatic heterocycles. The zero-order valence-corrected chi connectivity index (χ0v) is 22.0. The summed E-state index contributed by atoms with van der Waals surface area (Å²) in [6.45, 7) is 0.531. The van der Waals surface area contributed by atoms with Crippen LogP contribution in [0.25, 0.3) is 0 Å². The van der Waals surface area contributed by atoms with Crippen molar-refractivity contribution in [2.75, 3.05) is 38.2 Å². The molecule has 0 spiro atoms. The molecule has 0 radical (unpaired) electrons. The van der Waals surface area contributed by atoms with E-state index in [4.69, 9.17) is 9.47 Å². The lowest BCUT2D eigenvalue weighted by molar-refractivity contribution is -0.149. The molecule has 2 aromatic carbocycles. The number of thiophene rings is 1. The Morgan fingerprint density at radius 2 is 1.76 bits per heavy atom. The van der Waals surface area contributed by atoms with Crippen molar-refractivity contribution >= 4 is 44.8 Å². The number of anilines is 1. The van der Waals surface area contributed by atoms with Crippen molar-refractivity contribution in [3.05, 3.63) is 82.6 Å². The van der Waals surface area contributed by atoms with Crippen LogP contribution in [-0.2, 0) is 35.5 Å². The monoisotopic (exact) mass is 557 g/mol. The number of esters is 1. The van der Waals surface area contributed by atoms with Gasteiger partial charge in [-0.15, -0.1) is 11.3 Å². The molecule has 0 bridgehead atoms. The number of hydrogen-bond acceptors (Lipinski definition) is 8. The summed E-state index contributed by atoms with van der Waals surface area (Å²) in [7, 11) is -3.74. The maximum absolute atomic E-state index is 12.9. The number of benzene rings is 2. The Labute approximate surface area is 224 Å². The van der Waals surface area contributed by atoms with Crippen LogP contribution in [0.15, 0.2) is 77.0 Å². The highest BCUT2D eigenvalue weighted by molar-refractivity contribution is 7.89. The van der Waals surface area contributed by atoms with Crippen molar-refractivity contribution < 1.29 is 32.3 Å². The molecular formula is C26H27N3O7S2. The Balaban J connectivity index is 1.37. The molecule has 0 aliphatic carbocycles. The molecule has 4 rings (SSSR count). The van der Waals surface area contributed by atoms with Crippen LogP contribution in [-0.4, -0.2) is 69.5 Å². The van der Waals surface area contributed by atoms with Crippen LogP contribution < -0.4 is 10.6 Å². The second-order valence-corrected chi connectivity index (χ2v) is 11.3. The predicted molar refractivity (Wildman–Crippen MR) is 141 cm³/mol. The second-order valence-electron chi connectivity index (χ2n) is 8.39. The minimum absolute atomic E-state index is 0.0356. The third kappa shape index (κ3) is 7.25. The van der Waals surface area contributed by atoms with Crippen molar-refractivity contribution in [3.63, 3.8) is 0 Å². The van der Waals surface area contributed by atoms with Crippen molar-refractivity contribution in [2.24, 2.45) is 0 Å². The highest BCUT2D eigenvalue weighted by atomic mass is 32.2. The Morgan fingerprint density at radius 1 is 1.00 bits per heavy atom. The van der Waals surface area contributed by atoms with E-state index in [1.807, 2.05) is 30.3 Å². The fourth-order valence-electron chi connectivity index (χ4n) is 3.78. The fraction of sp³-hybridized carbons (Fsp3) is 0.269. The summed E-state index contributed by atoms with van der Waals surface area (Å²) >= 11 is 1.24. The van der Waals surface area contributed by atoms with E-state index in [1.54, 1.807) is 17.5 Å². The van der Waals surface area contributed by atoms with Crippen LogP contribution in [0.5, 0.6) is 0 Å². The minimum atomic E-state index is -3.74. The molecule has 2 N–H and O–H groups in total. The molecule has 1 saturated heterocycles. The van der Waals surface area contributed by atoms with Crippen LogP contribution in [0.2, 0.25) is 0 Å². The number of amides is 2. The number of carbonyl (C=O) groups excluding carboxylic acids is 3. The normalized spacial score (nSPS) is 14.8. The highest BCUT2D eigenvalue weighted by Crippen LogP contribution is 2.20. The van der Waals surface area contributed by atoms with Gasteiger partial charge < -0.3 is 20.1 Å². The Bertz CT molecular complexity index is 1360. The molecule has 10 nitrogen and oxygen atoms in total. The Morgan fingerprint density at radius 3 is 2.47 bits per heavy atom. The van der Waals surface area contributed by atoms with E-state index in [2.05, 4.69) is 10.6 Å². The number of morpholine rings is 1. The van der Waals surface area contributed by atoms with Crippen molar-refractivity contribution in [1.82, 2.24) is 9.62 Å². The van der Waals surface area contributed by atoms with Gasteiger partial charge in [0.1, 0.15) is 6.04 Å². The van der Waals surface area contributed by atoms with Crippen LogP contribution in [0, 0.1) is 0 Å². The predicted octanol–water partition coefficient (Wildman–Crippen LogP) is 2.29. The first-order valence-corrected chi connectivity index (χ1v) is 14.2. The van der Waals surface area contributed by atoms with E-state index in [0.29, 0.717) is 18.1 Å². The molecule has 2 heterocycles. The molecule has 0 saturated carbocycles. The first-order chi connectivity index (χ1) is 18.3. The fourth-order valence-corrected chi connectivity index (χ4v) is 5.87. The van der Waals surface area contributed by atoms with Crippen molar-refractivity contribution in [3.8, 4) is 0 Å². The largest absolute Gasteiger partial charge is 0.454 e. The van der Waals surface area contributed by atoms with Crippen molar-refractivity contribution in [2.45, 2.75) is 17.4 Å². The lowest BCUT2D eigenvalue weighted by atomic mass is 10.1. The zero-order chi connectivity index (χ0) is 27.0. The van der Waals surface area contributed by atoms with Gasteiger partial charge in [0.15, 0.2) is 6.61 Å². The van der Waals surface area contributed by atoms with E-state index in [-0.39, 0.29) is 30.1 Å². The van der Waals surface area contributed by atoms with Gasteiger partial charge in [0.25, 0.3) is 11.8 Å². The average Bonchev–Trinajstić information content (AvgIpc) is 3.48. The summed E-state index contributed by atoms with van der Waals surface area (Å²) in [5, 5.41) is 6.99. The van der Waals surface area contributed by atoms with Gasteiger partial charge in [-0.25, -0.2) is 13.2 Å². The standard InChI is InChI=1S/C26H27N3O7S2/c30-24(27-20-8-4-9-21(17-20)38(33,34)29-11-13-35-14-12-29)18-36-26(32)22(16-19-6-2-1-3-7-19)28-25(31)23-10-5-15-37-23/h1-10,15,17,22H,11-14,16,18H2,(H,27,30)(H,28,31)/t22-/m0/s1. The first-order valence-electron chi connectivity index (χ1n) is 11.9. The van der Waals surface area contributed by atoms with Crippen LogP contribution >= 0.6 is 11.3 Å². The molecule has 1 aliphatic rings. The third-order valence-electron chi connectivity index (χ3n) is 5.69. The molecular weight excluding hydrogens is 530 g/mol. The molecule has 12 heteroatoms. The van der Waals surface area contributed by atoms with Crippen molar-refractivity contribution in [1.29, 1.82) is 0 Å². The molecule has 3 aromatic rings. The second kappa shape index (κ2) is 12.8. The topological polar surface area (TPSA) is 131 Å². The summed E-state index contributed by atoms with van der Waals surface area (Å²) in [6, 6.07) is 17.3. The minimum Gasteiger partial charge on any atom is -0.454 e. The first kappa shape index (κ1) is 27.5. The molecule has 0 unspecified atom stereocenters. The highest BCUT2D eigenvalue weighted by Gasteiger charge is 2.27. The zero-order valence-electron chi connectivity index (χ0n) is 20.4. The van der Waals surface area contributed by atoms with Gasteiger partial charge in [0.2, 0.25) is 10.0 Å². The molecule has 1 fully saturated rings.